The number of rotatable bonds is 4. The maximum atomic E-state index is 10.4. The van der Waals surface area contributed by atoms with Crippen molar-refractivity contribution in [3.63, 3.8) is 0 Å². The van der Waals surface area contributed by atoms with Gasteiger partial charge in [0.25, 0.3) is 0 Å². The Morgan fingerprint density at radius 1 is 0.483 bits per heavy atom. The molecule has 144 valence electrons. The van der Waals surface area contributed by atoms with Crippen molar-refractivity contribution in [1.29, 1.82) is 0 Å². The topological polar surface area (TPSA) is 58.9 Å². The average Bonchev–Trinajstić information content (AvgIpc) is 3.02. The van der Waals surface area contributed by atoms with Crippen molar-refractivity contribution in [2.24, 2.45) is 0 Å². The molecule has 0 bridgehead atoms. The number of hydrogen-bond donors (Lipinski definition) is 2. The van der Waals surface area contributed by atoms with Crippen LogP contribution in [-0.4, -0.2) is 29.2 Å². The molecule has 0 saturated heterocycles. The zero-order valence-electron chi connectivity index (χ0n) is 15.4. The summed E-state index contributed by atoms with van der Waals surface area (Å²) in [6, 6.07) is 29.9. The van der Waals surface area contributed by atoms with Crippen molar-refractivity contribution in [2.45, 2.75) is 0 Å². The molecule has 4 nitrogen and oxygen atoms in total. The molecule has 5 heteroatoms. The maximum absolute atomic E-state index is 10.4. The molecule has 0 amide bonds. The predicted molar refractivity (Wildman–Crippen MR) is 114 cm³/mol. The first-order valence-corrected chi connectivity index (χ1v) is 13.4. The van der Waals surface area contributed by atoms with E-state index in [9.17, 15) is 10.2 Å². The van der Waals surface area contributed by atoms with Crippen molar-refractivity contribution in [1.82, 2.24) is 0 Å². The molecule has 1 aliphatic rings. The third-order valence-corrected chi connectivity index (χ3v) is 12.5. The van der Waals surface area contributed by atoms with E-state index >= 15 is 0 Å². The van der Waals surface area contributed by atoms with Gasteiger partial charge in [-0.15, -0.1) is 0 Å². The number of phenols is 2. The molecule has 0 aliphatic carbocycles. The Balaban J connectivity index is 1.77. The van der Waals surface area contributed by atoms with E-state index in [1.54, 1.807) is 36.4 Å². The molecule has 4 aromatic rings. The summed E-state index contributed by atoms with van der Waals surface area (Å²) in [7, 11) is 0. The van der Waals surface area contributed by atoms with Gasteiger partial charge in [0.2, 0.25) is 0 Å². The van der Waals surface area contributed by atoms with Crippen LogP contribution in [0.1, 0.15) is 0 Å². The van der Waals surface area contributed by atoms with Crippen molar-refractivity contribution < 1.29 is 16.4 Å². The Labute approximate surface area is 173 Å². The van der Waals surface area contributed by atoms with Crippen molar-refractivity contribution in [2.75, 3.05) is 0 Å². The van der Waals surface area contributed by atoms with Crippen molar-refractivity contribution >= 4 is 26.2 Å². The number of fused-ring (bicyclic) bond motifs is 3. The van der Waals surface area contributed by atoms with Gasteiger partial charge < -0.3 is 0 Å². The second kappa shape index (κ2) is 7.04. The first-order valence-electron chi connectivity index (χ1n) is 9.16. The van der Waals surface area contributed by atoms with Crippen LogP contribution >= 0.6 is 0 Å². The fourth-order valence-electron chi connectivity index (χ4n) is 3.47. The van der Waals surface area contributed by atoms with Crippen LogP contribution in [0.5, 0.6) is 23.0 Å². The van der Waals surface area contributed by atoms with Gasteiger partial charge in [0.15, 0.2) is 0 Å². The van der Waals surface area contributed by atoms with Crippen LogP contribution < -0.4 is 13.4 Å². The summed E-state index contributed by atoms with van der Waals surface area (Å²) in [4.78, 5) is 0. The summed E-state index contributed by atoms with van der Waals surface area (Å²) in [6.07, 6.45) is 0. The van der Waals surface area contributed by atoms with Gasteiger partial charge in [-0.2, -0.15) is 0 Å². The van der Waals surface area contributed by atoms with Crippen LogP contribution in [0.4, 0.5) is 0 Å². The Hall–Kier alpha value is -3.13. The molecule has 0 radical (unpaired) electrons. The van der Waals surface area contributed by atoms with Gasteiger partial charge in [0, 0.05) is 0 Å². The predicted octanol–water partition coefficient (Wildman–Crippen LogP) is 3.79. The first kappa shape index (κ1) is 17.9. The molecule has 0 spiro atoms. The minimum absolute atomic E-state index is 0.0564. The first-order chi connectivity index (χ1) is 14.2. The van der Waals surface area contributed by atoms with E-state index in [2.05, 4.69) is 12.1 Å². The standard InChI is InChI=1S/C24H18O4Te/c25-19-11-3-5-13-21(19)27-29(28-22-14-6-4-12-20(22)26)23-15-7-1-9-17(23)18-10-2-8-16-24(18)29/h1-16,25-26H. The number of para-hydroxylation sites is 4. The normalized spacial score (nSPS) is 14.5. The van der Waals surface area contributed by atoms with E-state index in [0.717, 1.165) is 18.3 Å². The molecule has 0 unspecified atom stereocenters. The summed E-state index contributed by atoms with van der Waals surface area (Å²) < 4.78 is 15.2. The van der Waals surface area contributed by atoms with E-state index < -0.39 is 19.0 Å². The Bertz CT molecular complexity index is 1110. The van der Waals surface area contributed by atoms with E-state index in [0.29, 0.717) is 11.5 Å². The van der Waals surface area contributed by atoms with Crippen LogP contribution in [0.25, 0.3) is 11.1 Å². The second-order valence-corrected chi connectivity index (χ2v) is 12.9. The quantitative estimate of drug-likeness (QED) is 0.421. The van der Waals surface area contributed by atoms with Crippen molar-refractivity contribution in [3.8, 4) is 34.1 Å². The van der Waals surface area contributed by atoms with Crippen molar-refractivity contribution in [3.05, 3.63) is 97.1 Å². The van der Waals surface area contributed by atoms with Crippen LogP contribution in [0.2, 0.25) is 0 Å². The SMILES string of the molecule is Oc1ccccc1O[Te]1(Oc2ccccc2O)c2ccccc2-c2ccccc21. The molecule has 4 aromatic carbocycles. The third-order valence-electron chi connectivity index (χ3n) is 4.79. The van der Waals surface area contributed by atoms with E-state index in [1.165, 1.54) is 0 Å². The molecule has 1 aliphatic heterocycles. The molecular weight excluding hydrogens is 480 g/mol. The van der Waals surface area contributed by atoms with Gasteiger partial charge in [0.1, 0.15) is 0 Å². The van der Waals surface area contributed by atoms with Gasteiger partial charge in [-0.25, -0.2) is 0 Å². The Kier molecular flexibility index (Phi) is 4.35. The fourth-order valence-corrected chi connectivity index (χ4v) is 11.7. The third kappa shape index (κ3) is 2.91. The summed E-state index contributed by atoms with van der Waals surface area (Å²) in [5.41, 5.74) is 2.13. The number of aromatic hydroxyl groups is 2. The Morgan fingerprint density at radius 3 is 1.31 bits per heavy atom. The average molecular weight is 498 g/mol. The molecule has 0 fully saturated rings. The van der Waals surface area contributed by atoms with E-state index in [1.807, 2.05) is 48.5 Å². The number of hydrogen-bond acceptors (Lipinski definition) is 4. The molecule has 0 saturated carbocycles. The fraction of sp³-hybridized carbons (Fsp3) is 0. The van der Waals surface area contributed by atoms with Gasteiger partial charge >= 0.3 is 174 Å². The zero-order chi connectivity index (χ0) is 19.8. The Morgan fingerprint density at radius 2 is 0.862 bits per heavy atom. The summed E-state index contributed by atoms with van der Waals surface area (Å²) in [6.45, 7) is 0. The van der Waals surface area contributed by atoms with E-state index in [-0.39, 0.29) is 11.5 Å². The molecule has 2 N–H and O–H groups in total. The summed E-state index contributed by atoms with van der Waals surface area (Å²) >= 11 is -4.06. The second-order valence-electron chi connectivity index (χ2n) is 6.60. The molecule has 5 rings (SSSR count). The van der Waals surface area contributed by atoms with Crippen LogP contribution in [0, 0.1) is 0 Å². The molecule has 1 heterocycles. The summed E-state index contributed by atoms with van der Waals surface area (Å²) in [5, 5.41) is 20.8. The van der Waals surface area contributed by atoms with Gasteiger partial charge in [0.05, 0.1) is 0 Å². The van der Waals surface area contributed by atoms with Crippen LogP contribution in [0.3, 0.4) is 0 Å². The molecular formula is C24H18O4Te. The van der Waals surface area contributed by atoms with Gasteiger partial charge in [-0.1, -0.05) is 0 Å². The minimum atomic E-state index is -4.06. The summed E-state index contributed by atoms with van der Waals surface area (Å²) in [5.74, 6) is 0.855. The monoisotopic (exact) mass is 500 g/mol. The van der Waals surface area contributed by atoms with Crippen LogP contribution in [0.15, 0.2) is 97.1 Å². The molecule has 0 aromatic heterocycles. The van der Waals surface area contributed by atoms with Gasteiger partial charge in [-0.3, -0.25) is 0 Å². The molecule has 0 atom stereocenters. The van der Waals surface area contributed by atoms with Crippen LogP contribution in [-0.2, 0) is 0 Å². The van der Waals surface area contributed by atoms with E-state index in [4.69, 9.17) is 6.20 Å². The zero-order valence-corrected chi connectivity index (χ0v) is 17.7. The number of benzene rings is 4. The van der Waals surface area contributed by atoms with Gasteiger partial charge in [-0.05, 0) is 0 Å². The molecule has 29 heavy (non-hydrogen) atoms. The number of phenolic OH excluding ortho intramolecular Hbond substituents is 2.